The molecule has 144 valence electrons. The second kappa shape index (κ2) is 16.3. The molecule has 1 saturated heterocycles. The van der Waals surface area contributed by atoms with Crippen molar-refractivity contribution in [1.29, 1.82) is 0 Å². The van der Waals surface area contributed by atoms with E-state index in [-0.39, 0.29) is 24.0 Å². The van der Waals surface area contributed by atoms with E-state index in [0.29, 0.717) is 5.92 Å². The predicted molar refractivity (Wildman–Crippen MR) is 109 cm³/mol. The van der Waals surface area contributed by atoms with Crippen molar-refractivity contribution < 1.29 is 14.2 Å². The van der Waals surface area contributed by atoms with Crippen molar-refractivity contribution in [1.82, 2.24) is 15.5 Å². The van der Waals surface area contributed by atoms with E-state index < -0.39 is 0 Å². The summed E-state index contributed by atoms with van der Waals surface area (Å²) in [5.74, 6) is 1.43. The summed E-state index contributed by atoms with van der Waals surface area (Å²) in [7, 11) is 5.60. The number of likely N-dealkylation sites (N-methyl/N-ethyl adjacent to an activating group) is 1. The van der Waals surface area contributed by atoms with Gasteiger partial charge in [0.15, 0.2) is 5.96 Å². The molecule has 0 aromatic heterocycles. The van der Waals surface area contributed by atoms with Crippen LogP contribution in [-0.4, -0.2) is 91.3 Å². The molecule has 0 bridgehead atoms. The molecule has 0 radical (unpaired) electrons. The van der Waals surface area contributed by atoms with Crippen molar-refractivity contribution in [2.24, 2.45) is 10.9 Å². The lowest BCUT2D eigenvalue weighted by Gasteiger charge is -2.17. The highest BCUT2D eigenvalue weighted by molar-refractivity contribution is 14.0. The van der Waals surface area contributed by atoms with Gasteiger partial charge in [-0.2, -0.15) is 0 Å². The van der Waals surface area contributed by atoms with E-state index in [1.165, 1.54) is 0 Å². The number of halogens is 1. The number of ether oxygens (including phenoxy) is 3. The smallest absolute Gasteiger partial charge is 0.191 e. The second-order valence-electron chi connectivity index (χ2n) is 5.88. The molecule has 0 saturated carbocycles. The quantitative estimate of drug-likeness (QED) is 0.195. The van der Waals surface area contributed by atoms with Crippen LogP contribution in [0.1, 0.15) is 12.8 Å². The van der Waals surface area contributed by atoms with Crippen molar-refractivity contribution in [2.75, 3.05) is 80.4 Å². The number of nitrogens with zero attached hydrogens (tertiary/aromatic N) is 2. The maximum atomic E-state index is 5.68. The minimum atomic E-state index is 0. The minimum absolute atomic E-state index is 0. The number of guanidine groups is 1. The zero-order chi connectivity index (χ0) is 16.8. The average molecular weight is 458 g/mol. The lowest BCUT2D eigenvalue weighted by molar-refractivity contribution is 0.0888. The number of aliphatic imine (C=N–C) groups is 1. The van der Waals surface area contributed by atoms with E-state index in [1.54, 1.807) is 14.2 Å². The Hall–Kier alpha value is -0.160. The number of methoxy groups -OCH3 is 1. The average Bonchev–Trinajstić information content (AvgIpc) is 3.07. The van der Waals surface area contributed by atoms with E-state index in [4.69, 9.17) is 14.2 Å². The van der Waals surface area contributed by atoms with Gasteiger partial charge < -0.3 is 29.7 Å². The first kappa shape index (κ1) is 23.8. The van der Waals surface area contributed by atoms with E-state index in [2.05, 4.69) is 27.6 Å². The van der Waals surface area contributed by atoms with Gasteiger partial charge in [-0.15, -0.1) is 24.0 Å². The third-order valence-electron chi connectivity index (χ3n) is 3.82. The second-order valence-corrected chi connectivity index (χ2v) is 5.88. The molecule has 0 aromatic rings. The van der Waals surface area contributed by atoms with Crippen LogP contribution in [0.4, 0.5) is 0 Å². The Balaban J connectivity index is 0.00000529. The molecule has 0 aromatic carbocycles. The summed E-state index contributed by atoms with van der Waals surface area (Å²) in [6, 6.07) is 0. The van der Waals surface area contributed by atoms with E-state index in [9.17, 15) is 0 Å². The summed E-state index contributed by atoms with van der Waals surface area (Å²) < 4.78 is 16.1. The molecule has 24 heavy (non-hydrogen) atoms. The summed E-state index contributed by atoms with van der Waals surface area (Å²) in [6.45, 7) is 7.71. The topological polar surface area (TPSA) is 67.4 Å². The highest BCUT2D eigenvalue weighted by Gasteiger charge is 2.15. The predicted octanol–water partition coefficient (Wildman–Crippen LogP) is 0.791. The van der Waals surface area contributed by atoms with Crippen LogP contribution in [0.25, 0.3) is 0 Å². The van der Waals surface area contributed by atoms with Gasteiger partial charge in [0, 0.05) is 59.5 Å². The van der Waals surface area contributed by atoms with Gasteiger partial charge in [-0.1, -0.05) is 0 Å². The Morgan fingerprint density at radius 2 is 2.04 bits per heavy atom. The Morgan fingerprint density at radius 1 is 1.25 bits per heavy atom. The summed E-state index contributed by atoms with van der Waals surface area (Å²) in [5.41, 5.74) is 0. The summed E-state index contributed by atoms with van der Waals surface area (Å²) >= 11 is 0. The number of hydrogen-bond donors (Lipinski definition) is 2. The Kier molecular flexibility index (Phi) is 16.2. The minimum Gasteiger partial charge on any atom is -0.383 e. The Labute approximate surface area is 163 Å². The monoisotopic (exact) mass is 458 g/mol. The molecule has 8 heteroatoms. The van der Waals surface area contributed by atoms with Crippen LogP contribution in [0.3, 0.4) is 0 Å². The normalized spacial score (nSPS) is 17.8. The highest BCUT2D eigenvalue weighted by atomic mass is 127. The molecule has 2 N–H and O–H groups in total. The fourth-order valence-corrected chi connectivity index (χ4v) is 2.29. The summed E-state index contributed by atoms with van der Waals surface area (Å²) in [4.78, 5) is 6.45. The van der Waals surface area contributed by atoms with Crippen LogP contribution >= 0.6 is 24.0 Å². The number of hydrogen-bond acceptors (Lipinski definition) is 5. The largest absolute Gasteiger partial charge is 0.383 e. The molecular weight excluding hydrogens is 423 g/mol. The van der Waals surface area contributed by atoms with Gasteiger partial charge in [-0.3, -0.25) is 4.99 Å². The van der Waals surface area contributed by atoms with Gasteiger partial charge in [-0.25, -0.2) is 0 Å². The van der Waals surface area contributed by atoms with Crippen LogP contribution in [0, 0.1) is 5.92 Å². The molecule has 1 rings (SSSR count). The van der Waals surface area contributed by atoms with Gasteiger partial charge in [0.05, 0.1) is 19.8 Å². The van der Waals surface area contributed by atoms with Crippen LogP contribution in [-0.2, 0) is 14.2 Å². The molecule has 1 unspecified atom stereocenters. The van der Waals surface area contributed by atoms with Gasteiger partial charge in [-0.05, 0) is 19.9 Å². The first-order chi connectivity index (χ1) is 11.3. The maximum absolute atomic E-state index is 5.68. The molecule has 1 aliphatic rings. The first-order valence-electron chi connectivity index (χ1n) is 8.53. The Morgan fingerprint density at radius 3 is 2.71 bits per heavy atom. The number of nitrogens with one attached hydrogen (secondary N) is 2. The molecule has 0 amide bonds. The molecule has 1 heterocycles. The Bertz CT molecular complexity index is 316. The molecule has 1 aliphatic heterocycles. The van der Waals surface area contributed by atoms with E-state index >= 15 is 0 Å². The summed E-state index contributed by atoms with van der Waals surface area (Å²) in [5, 5.41) is 6.62. The van der Waals surface area contributed by atoms with Crippen molar-refractivity contribution in [3.8, 4) is 0 Å². The van der Waals surface area contributed by atoms with Gasteiger partial charge in [0.1, 0.15) is 0 Å². The lowest BCUT2D eigenvalue weighted by Crippen LogP contribution is -2.41. The first-order valence-corrected chi connectivity index (χ1v) is 8.53. The van der Waals surface area contributed by atoms with Crippen LogP contribution < -0.4 is 10.6 Å². The standard InChI is InChI=1S/C16H34N4O3.HI/c1-17-16(19-7-8-20(2)9-12-21-3)18-6-4-10-22-13-15-5-11-23-14-15;/h15H,4-14H2,1-3H3,(H2,17,18,19);1H. The van der Waals surface area contributed by atoms with Crippen LogP contribution in [0.5, 0.6) is 0 Å². The molecular formula is C16H35IN4O3. The maximum Gasteiger partial charge on any atom is 0.191 e. The van der Waals surface area contributed by atoms with Gasteiger partial charge >= 0.3 is 0 Å². The molecule has 1 fully saturated rings. The van der Waals surface area contributed by atoms with E-state index in [1.807, 2.05) is 0 Å². The number of rotatable bonds is 12. The van der Waals surface area contributed by atoms with Crippen LogP contribution in [0.15, 0.2) is 4.99 Å². The van der Waals surface area contributed by atoms with Crippen molar-refractivity contribution in [3.05, 3.63) is 0 Å². The third kappa shape index (κ3) is 12.2. The van der Waals surface area contributed by atoms with E-state index in [0.717, 1.165) is 78.0 Å². The summed E-state index contributed by atoms with van der Waals surface area (Å²) in [6.07, 6.45) is 2.11. The SMILES string of the molecule is CN=C(NCCCOCC1CCOC1)NCCN(C)CCOC.I. The van der Waals surface area contributed by atoms with Gasteiger partial charge in [0.2, 0.25) is 0 Å². The zero-order valence-corrected chi connectivity index (χ0v) is 17.7. The fraction of sp³-hybridized carbons (Fsp3) is 0.938. The van der Waals surface area contributed by atoms with Crippen molar-refractivity contribution in [3.63, 3.8) is 0 Å². The fourth-order valence-electron chi connectivity index (χ4n) is 2.29. The lowest BCUT2D eigenvalue weighted by atomic mass is 10.1. The van der Waals surface area contributed by atoms with Crippen molar-refractivity contribution in [2.45, 2.75) is 12.8 Å². The molecule has 7 nitrogen and oxygen atoms in total. The molecule has 0 spiro atoms. The van der Waals surface area contributed by atoms with Crippen molar-refractivity contribution >= 4 is 29.9 Å². The zero-order valence-electron chi connectivity index (χ0n) is 15.4. The van der Waals surface area contributed by atoms with Gasteiger partial charge in [0.25, 0.3) is 0 Å². The van der Waals surface area contributed by atoms with Crippen LogP contribution in [0.2, 0.25) is 0 Å². The molecule has 1 atom stereocenters. The highest BCUT2D eigenvalue weighted by Crippen LogP contribution is 2.12. The molecule has 0 aliphatic carbocycles. The third-order valence-corrected chi connectivity index (χ3v) is 3.82.